The summed E-state index contributed by atoms with van der Waals surface area (Å²) in [6, 6.07) is 14.3. The molecule has 2 heterocycles. The van der Waals surface area contributed by atoms with E-state index in [-0.39, 0.29) is 37.0 Å². The van der Waals surface area contributed by atoms with Crippen molar-refractivity contribution in [3.63, 3.8) is 0 Å². The number of carbonyl (C=O) groups is 2. The third kappa shape index (κ3) is 10.1. The molecule has 0 spiro atoms. The Bertz CT molecular complexity index is 1110. The first-order chi connectivity index (χ1) is 17.9. The number of rotatable bonds is 8. The molecule has 0 fully saturated rings. The molecule has 200 valence electrons. The van der Waals surface area contributed by atoms with Crippen LogP contribution in [-0.2, 0) is 37.1 Å². The number of hydrogen-bond donors (Lipinski definition) is 8. The molecule has 16 heteroatoms. The van der Waals surface area contributed by atoms with Gasteiger partial charge in [0.05, 0.1) is 11.4 Å². The minimum absolute atomic E-state index is 0.0763. The maximum atomic E-state index is 11.6. The molecule has 0 radical (unpaired) electrons. The molecular formula is C22H28N4O9Si2Zr+2. The van der Waals surface area contributed by atoms with Gasteiger partial charge in [0.1, 0.15) is 11.4 Å². The SMILES string of the molecule is O=C1Nc2ccccc2C1=NCCC[Si](O)(O)O.O=C1Nc2ccccc2C1=NCCC[Si](O)(O)O.[O]=[Zr+2]. The number of aliphatic imine (C=N–C) groups is 2. The molecule has 0 saturated carbocycles. The standard InChI is InChI=1S/2C11H14N2O4Si.O.Zr/c2*14-11-10(12-6-3-7-18(15,16)17)8-4-1-2-5-9(8)13-11;;/h2*1-2,4-5,15-17H,3,6-7H2,(H,12,13,14);;/q;;;+2. The van der Waals surface area contributed by atoms with Crippen molar-refractivity contribution in [1.82, 2.24) is 0 Å². The van der Waals surface area contributed by atoms with Crippen LogP contribution in [0.3, 0.4) is 0 Å². The summed E-state index contributed by atoms with van der Waals surface area (Å²) in [6.07, 6.45) is 0.656. The Morgan fingerprint density at radius 1 is 0.632 bits per heavy atom. The number of nitrogens with zero attached hydrogens (tertiary/aromatic N) is 2. The summed E-state index contributed by atoms with van der Waals surface area (Å²) in [6.45, 7) is 0.543. The summed E-state index contributed by atoms with van der Waals surface area (Å²) in [4.78, 5) is 84.6. The van der Waals surface area contributed by atoms with E-state index in [4.69, 9.17) is 31.6 Å². The molecule has 2 aliphatic rings. The van der Waals surface area contributed by atoms with Gasteiger partial charge in [0.2, 0.25) is 0 Å². The van der Waals surface area contributed by atoms with Gasteiger partial charge in [-0.3, -0.25) is 19.6 Å². The molecule has 8 N–H and O–H groups in total. The van der Waals surface area contributed by atoms with Crippen molar-refractivity contribution < 1.29 is 65.9 Å². The van der Waals surface area contributed by atoms with Gasteiger partial charge in [-0.05, 0) is 25.0 Å². The first kappa shape index (κ1) is 31.8. The third-order valence-corrected chi connectivity index (χ3v) is 7.22. The van der Waals surface area contributed by atoms with Gasteiger partial charge in [0, 0.05) is 36.3 Å². The van der Waals surface area contributed by atoms with Crippen LogP contribution in [0.4, 0.5) is 11.4 Å². The van der Waals surface area contributed by atoms with Crippen LogP contribution in [0, 0.1) is 0 Å². The predicted octanol–water partition coefficient (Wildman–Crippen LogP) is -0.654. The van der Waals surface area contributed by atoms with Crippen molar-refractivity contribution in [2.75, 3.05) is 23.7 Å². The summed E-state index contributed by atoms with van der Waals surface area (Å²) in [5.41, 5.74) is 3.68. The molecule has 0 aromatic heterocycles. The van der Waals surface area contributed by atoms with E-state index in [1.807, 2.05) is 24.3 Å². The Balaban J connectivity index is 0.000000251. The quantitative estimate of drug-likeness (QED) is 0.136. The molecule has 2 aromatic carbocycles. The first-order valence-corrected chi connectivity index (χ1v) is 16.5. The molecule has 0 unspecified atom stereocenters. The number of nitrogens with one attached hydrogen (secondary N) is 2. The molecule has 0 atom stereocenters. The molecule has 0 saturated heterocycles. The molecule has 2 aliphatic heterocycles. The van der Waals surface area contributed by atoms with Gasteiger partial charge in [-0.25, -0.2) is 0 Å². The summed E-state index contributed by atoms with van der Waals surface area (Å²) < 4.78 is 8.34. The summed E-state index contributed by atoms with van der Waals surface area (Å²) >= 11 is 0.300. The Morgan fingerprint density at radius 3 is 1.32 bits per heavy atom. The van der Waals surface area contributed by atoms with Crippen molar-refractivity contribution >= 4 is 52.2 Å². The molecule has 0 bridgehead atoms. The zero-order valence-electron chi connectivity index (χ0n) is 20.2. The van der Waals surface area contributed by atoms with Crippen LogP contribution in [0.15, 0.2) is 58.5 Å². The topological polar surface area (TPSA) is 221 Å². The second-order valence-corrected chi connectivity index (χ2v) is 12.3. The van der Waals surface area contributed by atoms with Gasteiger partial charge in [-0.1, -0.05) is 36.4 Å². The van der Waals surface area contributed by atoms with E-state index >= 15 is 0 Å². The Morgan fingerprint density at radius 2 is 0.974 bits per heavy atom. The van der Waals surface area contributed by atoms with Crippen LogP contribution in [-0.4, -0.2) is 82.7 Å². The molecule has 2 aromatic rings. The average Bonchev–Trinajstić information content (AvgIpc) is 3.35. The first-order valence-electron chi connectivity index (χ1n) is 11.4. The Hall–Kier alpha value is -2.40. The number of hydrogen-bond acceptors (Lipinski definition) is 11. The maximum absolute atomic E-state index is 11.6. The van der Waals surface area contributed by atoms with Gasteiger partial charge in [-0.2, -0.15) is 0 Å². The van der Waals surface area contributed by atoms with Crippen molar-refractivity contribution in [2.24, 2.45) is 9.98 Å². The molecule has 2 amide bonds. The number of fused-ring (bicyclic) bond motifs is 2. The Kier molecular flexibility index (Phi) is 12.3. The second-order valence-electron chi connectivity index (χ2n) is 8.22. The van der Waals surface area contributed by atoms with E-state index in [0.29, 0.717) is 49.0 Å². The fourth-order valence-corrected chi connectivity index (χ4v) is 4.80. The number of benzene rings is 2. The molecule has 13 nitrogen and oxygen atoms in total. The molecule has 0 aliphatic carbocycles. The number of carbonyl (C=O) groups excluding carboxylic acids is 2. The van der Waals surface area contributed by atoms with Crippen LogP contribution in [0.2, 0.25) is 12.1 Å². The fourth-order valence-electron chi connectivity index (χ4n) is 3.53. The van der Waals surface area contributed by atoms with E-state index in [2.05, 4.69) is 20.6 Å². The minimum atomic E-state index is -3.99. The molecular weight excluding hydrogens is 612 g/mol. The van der Waals surface area contributed by atoms with Crippen LogP contribution in [0.1, 0.15) is 24.0 Å². The van der Waals surface area contributed by atoms with Crippen molar-refractivity contribution in [1.29, 1.82) is 0 Å². The van der Waals surface area contributed by atoms with E-state index in [0.717, 1.165) is 22.5 Å². The molecule has 38 heavy (non-hydrogen) atoms. The van der Waals surface area contributed by atoms with Gasteiger partial charge < -0.3 is 39.4 Å². The van der Waals surface area contributed by atoms with Crippen molar-refractivity contribution in [3.05, 3.63) is 59.7 Å². The normalized spacial score (nSPS) is 16.1. The van der Waals surface area contributed by atoms with E-state index in [9.17, 15) is 9.59 Å². The fraction of sp³-hybridized carbons (Fsp3) is 0.273. The zero-order chi connectivity index (χ0) is 28.3. The van der Waals surface area contributed by atoms with E-state index < -0.39 is 17.6 Å². The second kappa shape index (κ2) is 14.7. The number of anilines is 2. The van der Waals surface area contributed by atoms with Crippen LogP contribution in [0.5, 0.6) is 0 Å². The summed E-state index contributed by atoms with van der Waals surface area (Å²) in [5.74, 6) is -0.506. The Labute approximate surface area is 235 Å². The van der Waals surface area contributed by atoms with E-state index in [1.165, 1.54) is 0 Å². The summed E-state index contributed by atoms with van der Waals surface area (Å²) in [7, 11) is -7.98. The van der Waals surface area contributed by atoms with Gasteiger partial charge in [0.15, 0.2) is 0 Å². The zero-order valence-corrected chi connectivity index (χ0v) is 24.6. The van der Waals surface area contributed by atoms with Crippen LogP contribution in [0.25, 0.3) is 0 Å². The monoisotopic (exact) mass is 638 g/mol. The van der Waals surface area contributed by atoms with Gasteiger partial charge in [-0.15, -0.1) is 0 Å². The van der Waals surface area contributed by atoms with E-state index in [1.54, 1.807) is 24.3 Å². The third-order valence-electron chi connectivity index (χ3n) is 5.17. The van der Waals surface area contributed by atoms with Crippen molar-refractivity contribution in [3.8, 4) is 0 Å². The summed E-state index contributed by atoms with van der Waals surface area (Å²) in [5, 5.41) is 5.39. The molecule has 4 rings (SSSR count). The number of para-hydroxylation sites is 2. The predicted molar refractivity (Wildman–Crippen MR) is 137 cm³/mol. The van der Waals surface area contributed by atoms with Crippen LogP contribution >= 0.6 is 0 Å². The number of amides is 2. The van der Waals surface area contributed by atoms with Crippen molar-refractivity contribution in [2.45, 2.75) is 24.9 Å². The van der Waals surface area contributed by atoms with Gasteiger partial charge >= 0.3 is 45.1 Å². The average molecular weight is 640 g/mol. The van der Waals surface area contributed by atoms with Gasteiger partial charge in [0.25, 0.3) is 11.8 Å². The van der Waals surface area contributed by atoms with Crippen LogP contribution < -0.4 is 10.6 Å².